The highest BCUT2D eigenvalue weighted by Gasteiger charge is 2.07. The van der Waals surface area contributed by atoms with Gasteiger partial charge in [-0.05, 0) is 6.42 Å². The van der Waals surface area contributed by atoms with Crippen LogP contribution in [0.5, 0.6) is 0 Å². The molecule has 0 spiro atoms. The van der Waals surface area contributed by atoms with E-state index < -0.39 is 11.8 Å². The van der Waals surface area contributed by atoms with E-state index in [1.54, 1.807) is 6.92 Å². The Hall–Kier alpha value is -0.700. The fourth-order valence-electron chi connectivity index (χ4n) is 0.289. The van der Waals surface area contributed by atoms with Crippen LogP contribution < -0.4 is 5.73 Å². The molecule has 0 aromatic carbocycles. The van der Waals surface area contributed by atoms with Crippen LogP contribution in [0.3, 0.4) is 0 Å². The summed E-state index contributed by atoms with van der Waals surface area (Å²) in [4.78, 5) is 19.9. The Kier molecular flexibility index (Phi) is 3.03. The summed E-state index contributed by atoms with van der Waals surface area (Å²) in [6.45, 7) is 1.76. The van der Waals surface area contributed by atoms with Crippen molar-refractivity contribution in [3.8, 4) is 0 Å². The van der Waals surface area contributed by atoms with E-state index in [1.807, 2.05) is 0 Å². The maximum absolute atomic E-state index is 10.2. The average Bonchev–Trinajstić information content (AvgIpc) is 1.84. The van der Waals surface area contributed by atoms with Gasteiger partial charge in [-0.2, -0.15) is 0 Å². The highest BCUT2D eigenvalue weighted by atomic mass is 16.2. The zero-order chi connectivity index (χ0) is 6.57. The van der Waals surface area contributed by atoms with E-state index in [-0.39, 0.29) is 6.29 Å². The van der Waals surface area contributed by atoms with Gasteiger partial charge in [0.25, 0.3) is 0 Å². The van der Waals surface area contributed by atoms with Gasteiger partial charge in [0, 0.05) is 0 Å². The van der Waals surface area contributed by atoms with Crippen molar-refractivity contribution >= 4 is 12.1 Å². The molecule has 0 aliphatic heterocycles. The molecule has 0 saturated carbocycles. The van der Waals surface area contributed by atoms with E-state index in [0.29, 0.717) is 6.42 Å². The Bertz CT molecular complexity index is 101. The summed E-state index contributed by atoms with van der Waals surface area (Å²) in [5.74, 6) is -0.521. The van der Waals surface area contributed by atoms with Crippen molar-refractivity contribution in [1.82, 2.24) is 0 Å². The topological polar surface area (TPSA) is 60.2 Å². The lowest BCUT2D eigenvalue weighted by atomic mass is 10.2. The minimum absolute atomic E-state index is 0.258. The molecule has 0 bridgehead atoms. The third kappa shape index (κ3) is 1.84. The summed E-state index contributed by atoms with van der Waals surface area (Å²) >= 11 is 0. The molecular formula is C5H9NO2. The number of hydrogen-bond donors (Lipinski definition) is 1. The molecule has 0 aromatic heterocycles. The molecule has 0 heterocycles. The predicted molar refractivity (Wildman–Crippen MR) is 29.3 cm³/mol. The first-order chi connectivity index (χ1) is 3.72. The lowest BCUT2D eigenvalue weighted by Gasteiger charge is -1.97. The highest BCUT2D eigenvalue weighted by molar-refractivity contribution is 6.27. The van der Waals surface area contributed by atoms with Gasteiger partial charge in [-0.15, -0.1) is 0 Å². The van der Waals surface area contributed by atoms with Gasteiger partial charge in [-0.25, -0.2) is 0 Å². The molecule has 8 heavy (non-hydrogen) atoms. The summed E-state index contributed by atoms with van der Waals surface area (Å²) in [6.07, 6.45) is 0.783. The molecule has 46 valence electrons. The van der Waals surface area contributed by atoms with E-state index >= 15 is 0 Å². The van der Waals surface area contributed by atoms with Crippen LogP contribution in [-0.4, -0.2) is 18.1 Å². The zero-order valence-corrected chi connectivity index (χ0v) is 4.76. The van der Waals surface area contributed by atoms with Crippen molar-refractivity contribution < 1.29 is 9.59 Å². The maximum Gasteiger partial charge on any atom is 0.211 e. The van der Waals surface area contributed by atoms with Gasteiger partial charge in [0.15, 0.2) is 6.29 Å². The molecule has 0 aromatic rings. The van der Waals surface area contributed by atoms with Gasteiger partial charge in [0.1, 0.15) is 0 Å². The standard InChI is InChI=1S/C5H9NO2/c1-2-4(6)5(8)3-7/h3-4H,2,6H2,1H3. The lowest BCUT2D eigenvalue weighted by Crippen LogP contribution is -2.30. The number of nitrogens with two attached hydrogens (primary N) is 1. The monoisotopic (exact) mass is 115 g/mol. The Morgan fingerprint density at radius 1 is 1.88 bits per heavy atom. The molecule has 0 aliphatic carbocycles. The normalized spacial score (nSPS) is 12.8. The Morgan fingerprint density at radius 3 is 2.50 bits per heavy atom. The maximum atomic E-state index is 10.2. The van der Waals surface area contributed by atoms with Gasteiger partial charge in [-0.3, -0.25) is 9.59 Å². The minimum atomic E-state index is -0.590. The van der Waals surface area contributed by atoms with Crippen LogP contribution >= 0.6 is 0 Å². The van der Waals surface area contributed by atoms with Gasteiger partial charge in [-0.1, -0.05) is 6.92 Å². The molecule has 2 N–H and O–H groups in total. The molecule has 3 nitrogen and oxygen atoms in total. The van der Waals surface area contributed by atoms with Crippen molar-refractivity contribution in [3.05, 3.63) is 0 Å². The zero-order valence-electron chi connectivity index (χ0n) is 4.76. The van der Waals surface area contributed by atoms with E-state index in [0.717, 1.165) is 0 Å². The van der Waals surface area contributed by atoms with E-state index in [2.05, 4.69) is 0 Å². The first-order valence-electron chi connectivity index (χ1n) is 2.47. The smallest absolute Gasteiger partial charge is 0.211 e. The molecule has 1 unspecified atom stereocenters. The van der Waals surface area contributed by atoms with Crippen molar-refractivity contribution in [3.63, 3.8) is 0 Å². The Labute approximate surface area is 47.9 Å². The second kappa shape index (κ2) is 3.32. The van der Waals surface area contributed by atoms with Crippen molar-refractivity contribution in [2.45, 2.75) is 19.4 Å². The van der Waals surface area contributed by atoms with E-state index in [4.69, 9.17) is 5.73 Å². The van der Waals surface area contributed by atoms with Crippen LogP contribution in [0.15, 0.2) is 0 Å². The largest absolute Gasteiger partial charge is 0.321 e. The fraction of sp³-hybridized carbons (Fsp3) is 0.600. The summed E-state index contributed by atoms with van der Waals surface area (Å²) in [6, 6.07) is -0.590. The minimum Gasteiger partial charge on any atom is -0.321 e. The van der Waals surface area contributed by atoms with Gasteiger partial charge < -0.3 is 5.73 Å². The molecule has 0 aliphatic rings. The second-order valence-corrected chi connectivity index (χ2v) is 1.53. The van der Waals surface area contributed by atoms with Crippen molar-refractivity contribution in [2.75, 3.05) is 0 Å². The number of aldehydes is 1. The van der Waals surface area contributed by atoms with Crippen LogP contribution in [0.1, 0.15) is 13.3 Å². The highest BCUT2D eigenvalue weighted by Crippen LogP contribution is 1.83. The van der Waals surface area contributed by atoms with Gasteiger partial charge in [0.2, 0.25) is 5.78 Å². The molecule has 3 heteroatoms. The molecule has 0 amide bonds. The summed E-state index contributed by atoms with van der Waals surface area (Å²) in [5.41, 5.74) is 5.15. The van der Waals surface area contributed by atoms with Crippen molar-refractivity contribution in [2.24, 2.45) is 5.73 Å². The van der Waals surface area contributed by atoms with Gasteiger partial charge in [0.05, 0.1) is 6.04 Å². The fourth-order valence-corrected chi connectivity index (χ4v) is 0.289. The summed E-state index contributed by atoms with van der Waals surface area (Å²) < 4.78 is 0. The Morgan fingerprint density at radius 2 is 2.38 bits per heavy atom. The lowest BCUT2D eigenvalue weighted by molar-refractivity contribution is -0.130. The number of ketones is 1. The number of rotatable bonds is 3. The molecule has 0 radical (unpaired) electrons. The van der Waals surface area contributed by atoms with E-state index in [9.17, 15) is 9.59 Å². The first kappa shape index (κ1) is 7.30. The summed E-state index contributed by atoms with van der Waals surface area (Å²) in [5, 5.41) is 0. The van der Waals surface area contributed by atoms with Crippen LogP contribution in [0, 0.1) is 0 Å². The predicted octanol–water partition coefficient (Wildman–Crippen LogP) is -0.508. The SMILES string of the molecule is CCC(N)C(=O)C=O. The summed E-state index contributed by atoms with van der Waals surface area (Å²) in [7, 11) is 0. The number of Topliss-reactive ketones (excluding diaryl/α,β-unsaturated/α-hetero) is 1. The van der Waals surface area contributed by atoms with Crippen molar-refractivity contribution in [1.29, 1.82) is 0 Å². The number of hydrogen-bond acceptors (Lipinski definition) is 3. The molecule has 0 fully saturated rings. The van der Waals surface area contributed by atoms with Crippen LogP contribution in [0.4, 0.5) is 0 Å². The average molecular weight is 115 g/mol. The molecule has 0 rings (SSSR count). The Balaban J connectivity index is 3.62. The number of carbonyl (C=O) groups is 2. The quantitative estimate of drug-likeness (QED) is 0.398. The molecular weight excluding hydrogens is 106 g/mol. The third-order valence-corrected chi connectivity index (χ3v) is 0.921. The van der Waals surface area contributed by atoms with Gasteiger partial charge >= 0.3 is 0 Å². The third-order valence-electron chi connectivity index (χ3n) is 0.921. The second-order valence-electron chi connectivity index (χ2n) is 1.53. The van der Waals surface area contributed by atoms with E-state index in [1.165, 1.54) is 0 Å². The number of carbonyl (C=O) groups excluding carboxylic acids is 2. The molecule has 0 saturated heterocycles. The van der Waals surface area contributed by atoms with Crippen LogP contribution in [-0.2, 0) is 9.59 Å². The van der Waals surface area contributed by atoms with Crippen LogP contribution in [0.2, 0.25) is 0 Å². The van der Waals surface area contributed by atoms with Crippen LogP contribution in [0.25, 0.3) is 0 Å². The first-order valence-corrected chi connectivity index (χ1v) is 2.47. The molecule has 1 atom stereocenters.